The lowest BCUT2D eigenvalue weighted by molar-refractivity contribution is 0.102. The third kappa shape index (κ3) is 2.94. The number of nitrogens with zero attached hydrogens (tertiary/aromatic N) is 2. The summed E-state index contributed by atoms with van der Waals surface area (Å²) < 4.78 is 14.8. The van der Waals surface area contributed by atoms with Crippen molar-refractivity contribution < 1.29 is 9.18 Å². The number of anilines is 1. The molecule has 0 radical (unpaired) electrons. The first-order valence-corrected chi connectivity index (χ1v) is 5.77. The number of carbonyl (C=O) groups excluding carboxylic acids is 1. The number of amides is 1. The molecular formula is C12H11FN4OS. The number of nitrogens with one attached hydrogen (secondary N) is 1. The van der Waals surface area contributed by atoms with Crippen LogP contribution in [0.25, 0.3) is 0 Å². The van der Waals surface area contributed by atoms with Crippen LogP contribution in [-0.2, 0) is 7.05 Å². The number of hydrogen-bond donors (Lipinski definition) is 2. The minimum Gasteiger partial charge on any atom is -0.389 e. The van der Waals surface area contributed by atoms with Gasteiger partial charge in [0, 0.05) is 18.8 Å². The first kappa shape index (κ1) is 13.2. The number of benzene rings is 1. The molecule has 0 aliphatic carbocycles. The predicted molar refractivity (Wildman–Crippen MR) is 73.4 cm³/mol. The van der Waals surface area contributed by atoms with E-state index in [0.717, 1.165) is 0 Å². The normalized spacial score (nSPS) is 10.2. The zero-order chi connectivity index (χ0) is 14.0. The Bertz CT molecular complexity index is 653. The molecule has 1 heterocycles. The fourth-order valence-electron chi connectivity index (χ4n) is 1.55. The maximum Gasteiger partial charge on any atom is 0.275 e. The van der Waals surface area contributed by atoms with Crippen molar-refractivity contribution in [3.63, 3.8) is 0 Å². The van der Waals surface area contributed by atoms with Gasteiger partial charge in [-0.15, -0.1) is 0 Å². The van der Waals surface area contributed by atoms with E-state index in [0.29, 0.717) is 5.69 Å². The minimum absolute atomic E-state index is 0.0100. The molecule has 0 fully saturated rings. The van der Waals surface area contributed by atoms with Crippen LogP contribution in [0.15, 0.2) is 30.7 Å². The minimum atomic E-state index is -0.473. The number of aromatic nitrogens is 2. The molecule has 19 heavy (non-hydrogen) atoms. The van der Waals surface area contributed by atoms with E-state index in [9.17, 15) is 9.18 Å². The SMILES string of the molecule is Cn1cnc(C(=O)Nc2ccc(F)cc2C(N)=S)c1. The maximum atomic E-state index is 13.1. The van der Waals surface area contributed by atoms with Gasteiger partial charge in [0.2, 0.25) is 0 Å². The Balaban J connectivity index is 2.28. The molecule has 1 aromatic heterocycles. The van der Waals surface area contributed by atoms with Crippen LogP contribution in [-0.4, -0.2) is 20.4 Å². The molecule has 98 valence electrons. The average molecular weight is 278 g/mol. The largest absolute Gasteiger partial charge is 0.389 e. The van der Waals surface area contributed by atoms with Crippen molar-refractivity contribution >= 4 is 28.8 Å². The number of halogens is 1. The van der Waals surface area contributed by atoms with Crippen LogP contribution in [0.3, 0.4) is 0 Å². The quantitative estimate of drug-likeness (QED) is 0.833. The average Bonchev–Trinajstić information content (AvgIpc) is 2.78. The molecule has 0 saturated carbocycles. The van der Waals surface area contributed by atoms with E-state index in [1.807, 2.05) is 0 Å². The lowest BCUT2D eigenvalue weighted by Gasteiger charge is -2.09. The summed E-state index contributed by atoms with van der Waals surface area (Å²) in [6.45, 7) is 0. The van der Waals surface area contributed by atoms with Crippen LogP contribution >= 0.6 is 12.2 Å². The molecule has 0 unspecified atom stereocenters. The molecule has 1 amide bonds. The lowest BCUT2D eigenvalue weighted by atomic mass is 10.1. The first-order valence-electron chi connectivity index (χ1n) is 5.36. The number of imidazole rings is 1. The van der Waals surface area contributed by atoms with Gasteiger partial charge in [-0.2, -0.15) is 0 Å². The van der Waals surface area contributed by atoms with Gasteiger partial charge in [0.25, 0.3) is 5.91 Å². The molecular weight excluding hydrogens is 267 g/mol. The Labute approximate surface area is 114 Å². The van der Waals surface area contributed by atoms with Crippen molar-refractivity contribution in [1.29, 1.82) is 0 Å². The number of carbonyl (C=O) groups is 1. The monoisotopic (exact) mass is 278 g/mol. The summed E-state index contributed by atoms with van der Waals surface area (Å²) in [5.74, 6) is -0.886. The molecule has 0 bridgehead atoms. The van der Waals surface area contributed by atoms with Crippen LogP contribution < -0.4 is 11.1 Å². The lowest BCUT2D eigenvalue weighted by Crippen LogP contribution is -2.18. The standard InChI is InChI=1S/C12H11FN4OS/c1-17-5-10(15-6-17)12(18)16-9-3-2-7(13)4-8(9)11(14)19/h2-6H,1H3,(H2,14,19)(H,16,18). The van der Waals surface area contributed by atoms with Crippen molar-refractivity contribution in [1.82, 2.24) is 9.55 Å². The number of hydrogen-bond acceptors (Lipinski definition) is 3. The van der Waals surface area contributed by atoms with Crippen LogP contribution in [0.4, 0.5) is 10.1 Å². The molecule has 0 aliphatic heterocycles. The Hall–Kier alpha value is -2.28. The first-order chi connectivity index (χ1) is 8.97. The van der Waals surface area contributed by atoms with E-state index in [-0.39, 0.29) is 16.2 Å². The molecule has 0 saturated heterocycles. The summed E-state index contributed by atoms with van der Waals surface area (Å²) in [6.07, 6.45) is 3.08. The fraction of sp³-hybridized carbons (Fsp3) is 0.0833. The van der Waals surface area contributed by atoms with Crippen molar-refractivity contribution in [2.75, 3.05) is 5.32 Å². The highest BCUT2D eigenvalue weighted by Gasteiger charge is 2.13. The Kier molecular flexibility index (Phi) is 3.57. The molecule has 5 nitrogen and oxygen atoms in total. The second kappa shape index (κ2) is 5.15. The van der Waals surface area contributed by atoms with Gasteiger partial charge in [0.1, 0.15) is 16.5 Å². The summed E-state index contributed by atoms with van der Waals surface area (Å²) >= 11 is 4.82. The maximum absolute atomic E-state index is 13.1. The van der Waals surface area contributed by atoms with Gasteiger partial charge in [0.05, 0.1) is 12.0 Å². The van der Waals surface area contributed by atoms with E-state index in [4.69, 9.17) is 18.0 Å². The zero-order valence-corrected chi connectivity index (χ0v) is 10.9. The van der Waals surface area contributed by atoms with Gasteiger partial charge in [0.15, 0.2) is 0 Å². The number of thiocarbonyl (C=S) groups is 1. The van der Waals surface area contributed by atoms with E-state index >= 15 is 0 Å². The van der Waals surface area contributed by atoms with E-state index < -0.39 is 11.7 Å². The Morgan fingerprint density at radius 3 is 2.84 bits per heavy atom. The summed E-state index contributed by atoms with van der Waals surface area (Å²) in [5.41, 5.74) is 6.37. The third-order valence-electron chi connectivity index (χ3n) is 2.43. The summed E-state index contributed by atoms with van der Waals surface area (Å²) in [5, 5.41) is 2.60. The molecule has 7 heteroatoms. The topological polar surface area (TPSA) is 72.9 Å². The zero-order valence-electron chi connectivity index (χ0n) is 10.1. The van der Waals surface area contributed by atoms with Gasteiger partial charge < -0.3 is 15.6 Å². The second-order valence-electron chi connectivity index (χ2n) is 3.93. The van der Waals surface area contributed by atoms with Gasteiger partial charge in [-0.1, -0.05) is 12.2 Å². The van der Waals surface area contributed by atoms with Crippen molar-refractivity contribution in [2.24, 2.45) is 12.8 Å². The van der Waals surface area contributed by atoms with E-state index in [1.165, 1.54) is 24.5 Å². The predicted octanol–water partition coefficient (Wildman–Crippen LogP) is 1.45. The highest BCUT2D eigenvalue weighted by molar-refractivity contribution is 7.80. The van der Waals surface area contributed by atoms with Crippen LogP contribution in [0.1, 0.15) is 16.1 Å². The van der Waals surface area contributed by atoms with Crippen molar-refractivity contribution in [3.05, 3.63) is 47.8 Å². The number of aryl methyl sites for hydroxylation is 1. The third-order valence-corrected chi connectivity index (χ3v) is 2.65. The van der Waals surface area contributed by atoms with Gasteiger partial charge >= 0.3 is 0 Å². The smallest absolute Gasteiger partial charge is 0.275 e. The van der Waals surface area contributed by atoms with E-state index in [2.05, 4.69) is 10.3 Å². The van der Waals surface area contributed by atoms with Gasteiger partial charge in [-0.05, 0) is 18.2 Å². The van der Waals surface area contributed by atoms with Crippen LogP contribution in [0.5, 0.6) is 0 Å². The van der Waals surface area contributed by atoms with Crippen molar-refractivity contribution in [2.45, 2.75) is 0 Å². The molecule has 0 aliphatic rings. The molecule has 0 atom stereocenters. The molecule has 2 aromatic rings. The fourth-order valence-corrected chi connectivity index (χ4v) is 1.71. The molecule has 1 aromatic carbocycles. The Morgan fingerprint density at radius 1 is 1.53 bits per heavy atom. The Morgan fingerprint density at radius 2 is 2.26 bits per heavy atom. The highest BCUT2D eigenvalue weighted by Crippen LogP contribution is 2.17. The number of rotatable bonds is 3. The van der Waals surface area contributed by atoms with Gasteiger partial charge in [-0.25, -0.2) is 9.37 Å². The molecule has 0 spiro atoms. The molecule has 2 rings (SSSR count). The van der Waals surface area contributed by atoms with Gasteiger partial charge in [-0.3, -0.25) is 4.79 Å². The summed E-state index contributed by atoms with van der Waals surface area (Å²) in [7, 11) is 1.75. The molecule has 3 N–H and O–H groups in total. The van der Waals surface area contributed by atoms with Crippen molar-refractivity contribution in [3.8, 4) is 0 Å². The number of nitrogens with two attached hydrogens (primary N) is 1. The summed E-state index contributed by atoms with van der Waals surface area (Å²) in [6, 6.07) is 3.80. The second-order valence-corrected chi connectivity index (χ2v) is 4.37. The van der Waals surface area contributed by atoms with E-state index in [1.54, 1.807) is 17.8 Å². The summed E-state index contributed by atoms with van der Waals surface area (Å²) in [4.78, 5) is 15.8. The van der Waals surface area contributed by atoms with Crippen LogP contribution in [0, 0.1) is 5.82 Å². The van der Waals surface area contributed by atoms with Crippen LogP contribution in [0.2, 0.25) is 0 Å². The highest BCUT2D eigenvalue weighted by atomic mass is 32.1.